The zero-order chi connectivity index (χ0) is 23.4. The minimum atomic E-state index is -0.862. The molecule has 2 heterocycles. The van der Waals surface area contributed by atoms with Crippen molar-refractivity contribution in [2.45, 2.75) is 63.8 Å². The molecule has 0 bridgehead atoms. The number of hydrogen-bond acceptors (Lipinski definition) is 6. The van der Waals surface area contributed by atoms with Crippen LogP contribution in [0.3, 0.4) is 0 Å². The fourth-order valence-corrected chi connectivity index (χ4v) is 5.08. The lowest BCUT2D eigenvalue weighted by atomic mass is 9.92. The minimum absolute atomic E-state index is 0.0591. The zero-order valence-corrected chi connectivity index (χ0v) is 20.4. The van der Waals surface area contributed by atoms with Crippen molar-refractivity contribution in [3.63, 3.8) is 0 Å². The molecule has 178 valence electrons. The van der Waals surface area contributed by atoms with Crippen molar-refractivity contribution >= 4 is 28.1 Å². The molecule has 0 atom stereocenters. The van der Waals surface area contributed by atoms with E-state index in [1.807, 2.05) is 29.1 Å². The summed E-state index contributed by atoms with van der Waals surface area (Å²) in [6.07, 6.45) is 7.69. The summed E-state index contributed by atoms with van der Waals surface area (Å²) in [7, 11) is 1.68. The van der Waals surface area contributed by atoms with Crippen LogP contribution in [0.15, 0.2) is 36.1 Å². The fraction of sp³-hybridized carbons (Fsp3) is 0.520. The number of amides is 1. The van der Waals surface area contributed by atoms with E-state index in [0.717, 1.165) is 47.0 Å². The largest absolute Gasteiger partial charge is 0.389 e. The zero-order valence-electron chi connectivity index (χ0n) is 19.5. The van der Waals surface area contributed by atoms with Gasteiger partial charge in [-0.15, -0.1) is 11.3 Å². The average Bonchev–Trinajstić information content (AvgIpc) is 3.44. The summed E-state index contributed by atoms with van der Waals surface area (Å²) < 4.78 is 12.9. The molecule has 2 N–H and O–H groups in total. The number of thiazole rings is 1. The van der Waals surface area contributed by atoms with Gasteiger partial charge in [-0.3, -0.25) is 9.78 Å². The van der Waals surface area contributed by atoms with E-state index in [9.17, 15) is 9.90 Å². The second-order valence-electron chi connectivity index (χ2n) is 9.39. The Labute approximate surface area is 198 Å². The number of nitrogens with zero attached hydrogens (tertiary/aromatic N) is 2. The molecule has 0 radical (unpaired) electrons. The molecular weight excluding hydrogens is 438 g/mol. The first kappa shape index (κ1) is 23.9. The number of benzene rings is 1. The van der Waals surface area contributed by atoms with Crippen LogP contribution in [0.25, 0.3) is 21.3 Å². The van der Waals surface area contributed by atoms with Crippen molar-refractivity contribution in [2.24, 2.45) is 0 Å². The first-order valence-corrected chi connectivity index (χ1v) is 12.4. The smallest absolute Gasteiger partial charge is 0.252 e. The summed E-state index contributed by atoms with van der Waals surface area (Å²) in [5, 5.41) is 14.5. The predicted octanol–water partition coefficient (Wildman–Crippen LogP) is 4.24. The van der Waals surface area contributed by atoms with E-state index in [-0.39, 0.29) is 18.1 Å². The predicted molar refractivity (Wildman–Crippen MR) is 131 cm³/mol. The second kappa shape index (κ2) is 10.3. The van der Waals surface area contributed by atoms with Crippen molar-refractivity contribution in [2.75, 3.05) is 20.3 Å². The number of rotatable bonds is 9. The first-order chi connectivity index (χ1) is 15.8. The van der Waals surface area contributed by atoms with Crippen LogP contribution >= 0.6 is 11.3 Å². The third kappa shape index (κ3) is 6.00. The van der Waals surface area contributed by atoms with E-state index in [1.54, 1.807) is 37.8 Å². The van der Waals surface area contributed by atoms with Crippen molar-refractivity contribution in [3.8, 4) is 10.4 Å². The number of methoxy groups -OCH3 is 1. The molecule has 1 amide bonds. The van der Waals surface area contributed by atoms with Gasteiger partial charge < -0.3 is 24.5 Å². The molecule has 1 aliphatic rings. The molecular formula is C25H33N3O4S. The van der Waals surface area contributed by atoms with Gasteiger partial charge in [0.2, 0.25) is 0 Å². The lowest BCUT2D eigenvalue weighted by Gasteiger charge is -2.29. The third-order valence-corrected chi connectivity index (χ3v) is 6.88. The highest BCUT2D eigenvalue weighted by Crippen LogP contribution is 2.32. The van der Waals surface area contributed by atoms with Gasteiger partial charge in [-0.25, -0.2) is 0 Å². The van der Waals surface area contributed by atoms with Crippen molar-refractivity contribution in [1.29, 1.82) is 0 Å². The van der Waals surface area contributed by atoms with Gasteiger partial charge >= 0.3 is 0 Å². The van der Waals surface area contributed by atoms with E-state index in [4.69, 9.17) is 9.47 Å². The summed E-state index contributed by atoms with van der Waals surface area (Å²) in [5.41, 5.74) is 3.48. The van der Waals surface area contributed by atoms with E-state index in [2.05, 4.69) is 16.4 Å². The number of carbonyl (C=O) groups is 1. The molecule has 0 saturated heterocycles. The van der Waals surface area contributed by atoms with Gasteiger partial charge in [0.1, 0.15) is 0 Å². The number of hydrogen-bond donors (Lipinski definition) is 2. The number of ether oxygens (including phenoxy) is 2. The molecule has 0 unspecified atom stereocenters. The molecule has 33 heavy (non-hydrogen) atoms. The topological polar surface area (TPSA) is 85.6 Å². The SMILES string of the molecule is COCCO[C@H]1CC[C@H](NC(=O)c2cc(-c3cncs3)cc3c2ccn3CC(C)(C)O)CC1. The fourth-order valence-electron chi connectivity index (χ4n) is 4.47. The number of nitrogens with one attached hydrogen (secondary N) is 1. The highest BCUT2D eigenvalue weighted by atomic mass is 32.1. The molecule has 7 nitrogen and oxygen atoms in total. The highest BCUT2D eigenvalue weighted by molar-refractivity contribution is 7.13. The Morgan fingerprint density at radius 3 is 2.73 bits per heavy atom. The van der Waals surface area contributed by atoms with Gasteiger partial charge in [0, 0.05) is 42.0 Å². The Hall–Kier alpha value is -2.26. The third-order valence-electron chi connectivity index (χ3n) is 6.06. The van der Waals surface area contributed by atoms with E-state index >= 15 is 0 Å². The van der Waals surface area contributed by atoms with Gasteiger partial charge in [-0.2, -0.15) is 0 Å². The molecule has 4 rings (SSSR count). The second-order valence-corrected chi connectivity index (χ2v) is 10.3. The van der Waals surface area contributed by atoms with E-state index in [0.29, 0.717) is 25.3 Å². The maximum absolute atomic E-state index is 13.4. The Morgan fingerprint density at radius 2 is 2.06 bits per heavy atom. The lowest BCUT2D eigenvalue weighted by Crippen LogP contribution is -2.39. The summed E-state index contributed by atoms with van der Waals surface area (Å²) in [6.45, 7) is 5.23. The maximum Gasteiger partial charge on any atom is 0.252 e. The molecule has 1 fully saturated rings. The summed E-state index contributed by atoms with van der Waals surface area (Å²) in [6, 6.07) is 6.14. The Morgan fingerprint density at radius 1 is 1.27 bits per heavy atom. The van der Waals surface area contributed by atoms with E-state index in [1.165, 1.54) is 0 Å². The molecule has 0 aliphatic heterocycles. The molecule has 1 saturated carbocycles. The van der Waals surface area contributed by atoms with Crippen LogP contribution in [0.4, 0.5) is 0 Å². The van der Waals surface area contributed by atoms with Crippen LogP contribution in [-0.4, -0.2) is 58.6 Å². The molecule has 2 aromatic heterocycles. The van der Waals surface area contributed by atoms with Crippen LogP contribution in [0, 0.1) is 0 Å². The summed E-state index contributed by atoms with van der Waals surface area (Å²) in [4.78, 5) is 18.6. The first-order valence-electron chi connectivity index (χ1n) is 11.5. The molecule has 1 aliphatic carbocycles. The molecule has 8 heteroatoms. The van der Waals surface area contributed by atoms with Crippen LogP contribution < -0.4 is 5.32 Å². The van der Waals surface area contributed by atoms with Crippen molar-refractivity contribution in [1.82, 2.24) is 14.9 Å². The van der Waals surface area contributed by atoms with Gasteiger partial charge in [-0.05, 0) is 63.3 Å². The molecule has 1 aromatic carbocycles. The minimum Gasteiger partial charge on any atom is -0.389 e. The Bertz CT molecular complexity index is 1060. The molecule has 3 aromatic rings. The van der Waals surface area contributed by atoms with Gasteiger partial charge in [0.25, 0.3) is 5.91 Å². The average molecular weight is 472 g/mol. The van der Waals surface area contributed by atoms with Crippen molar-refractivity contribution in [3.05, 3.63) is 41.7 Å². The van der Waals surface area contributed by atoms with Crippen LogP contribution in [-0.2, 0) is 16.0 Å². The Kier molecular flexibility index (Phi) is 7.48. The highest BCUT2D eigenvalue weighted by Gasteiger charge is 2.25. The molecule has 0 spiro atoms. The van der Waals surface area contributed by atoms with Crippen LogP contribution in [0.2, 0.25) is 0 Å². The van der Waals surface area contributed by atoms with Gasteiger partial charge in [-0.1, -0.05) is 0 Å². The number of fused-ring (bicyclic) bond motifs is 1. The normalized spacial score (nSPS) is 19.2. The van der Waals surface area contributed by atoms with Crippen LogP contribution in [0.1, 0.15) is 49.9 Å². The Balaban J connectivity index is 1.54. The quantitative estimate of drug-likeness (QED) is 0.456. The number of carbonyl (C=O) groups excluding carboxylic acids is 1. The van der Waals surface area contributed by atoms with Gasteiger partial charge in [0.15, 0.2) is 0 Å². The summed E-state index contributed by atoms with van der Waals surface area (Å²) in [5.74, 6) is -0.0591. The van der Waals surface area contributed by atoms with Crippen molar-refractivity contribution < 1.29 is 19.4 Å². The number of aromatic nitrogens is 2. The number of aliphatic hydroxyl groups is 1. The van der Waals surface area contributed by atoms with Crippen LogP contribution in [0.5, 0.6) is 0 Å². The standard InChI is InChI=1S/C25H33N3O4S/c1-25(2,30)15-28-9-8-20-21(12-17(13-22(20)28)23-14-26-16-33-23)24(29)27-18-4-6-19(7-5-18)32-11-10-31-3/h8-9,12-14,16,18-19,30H,4-7,10-11,15H2,1-3H3,(H,27,29)/t18-,19-. The lowest BCUT2D eigenvalue weighted by molar-refractivity contribution is -0.00408. The maximum atomic E-state index is 13.4. The monoisotopic (exact) mass is 471 g/mol. The van der Waals surface area contributed by atoms with Gasteiger partial charge in [0.05, 0.1) is 41.9 Å². The summed E-state index contributed by atoms with van der Waals surface area (Å²) >= 11 is 1.55. The van der Waals surface area contributed by atoms with E-state index < -0.39 is 5.60 Å².